The molecular weight excluding hydrogens is 194 g/mol. The Bertz CT molecular complexity index is 139. The average Bonchev–Trinajstić information content (AvgIpc) is 2.17. The van der Waals surface area contributed by atoms with E-state index < -0.39 is 0 Å². The Morgan fingerprint density at radius 3 is 2.64 bits per heavy atom. The minimum Gasteiger partial charge on any atom is -0.379 e. The van der Waals surface area contributed by atoms with E-state index in [-0.39, 0.29) is 0 Å². The van der Waals surface area contributed by atoms with Gasteiger partial charge in [0.05, 0.1) is 6.61 Å². The highest BCUT2D eigenvalue weighted by atomic mass is 32.2. The molecule has 0 heterocycles. The van der Waals surface area contributed by atoms with Crippen molar-refractivity contribution < 1.29 is 4.74 Å². The zero-order valence-electron chi connectivity index (χ0n) is 9.47. The maximum absolute atomic E-state index is 7.50. The van der Waals surface area contributed by atoms with E-state index in [1.807, 2.05) is 11.8 Å². The van der Waals surface area contributed by atoms with E-state index in [9.17, 15) is 0 Å². The largest absolute Gasteiger partial charge is 0.379 e. The summed E-state index contributed by atoms with van der Waals surface area (Å²) in [7, 11) is 1.65. The second kappa shape index (κ2) is 11.1. The van der Waals surface area contributed by atoms with E-state index in [2.05, 4.69) is 6.92 Å². The Hall–Kier alpha value is -0.0200. The lowest BCUT2D eigenvalue weighted by Crippen LogP contribution is -2.06. The minimum absolute atomic E-state index is 0.496. The normalized spacial score (nSPS) is 10.4. The lowest BCUT2D eigenvalue weighted by Gasteiger charge is -2.02. The molecule has 0 amide bonds. The summed E-state index contributed by atoms with van der Waals surface area (Å²) in [6, 6.07) is 0. The third kappa shape index (κ3) is 10.1. The molecule has 0 saturated heterocycles. The molecule has 0 aromatic carbocycles. The highest BCUT2D eigenvalue weighted by molar-refractivity contribution is 7.99. The first kappa shape index (κ1) is 14.0. The van der Waals surface area contributed by atoms with Crippen molar-refractivity contribution in [3.8, 4) is 0 Å². The van der Waals surface area contributed by atoms with Crippen LogP contribution in [0.2, 0.25) is 0 Å². The van der Waals surface area contributed by atoms with Gasteiger partial charge in [-0.05, 0) is 24.3 Å². The standard InChI is InChI=1S/C11H23NOS/c1-3-4-5-6-8-14-9-7-11(12)10-13-2/h12H,3-10H2,1-2H3. The molecule has 0 fully saturated rings. The van der Waals surface area contributed by atoms with Crippen molar-refractivity contribution in [1.29, 1.82) is 5.41 Å². The fourth-order valence-electron chi connectivity index (χ4n) is 1.17. The molecule has 14 heavy (non-hydrogen) atoms. The van der Waals surface area contributed by atoms with Gasteiger partial charge in [0.1, 0.15) is 0 Å². The summed E-state index contributed by atoms with van der Waals surface area (Å²) in [5.41, 5.74) is 0.716. The molecule has 2 nitrogen and oxygen atoms in total. The predicted octanol–water partition coefficient (Wildman–Crippen LogP) is 3.36. The summed E-state index contributed by atoms with van der Waals surface area (Å²) >= 11 is 1.96. The third-order valence-corrected chi connectivity index (χ3v) is 3.08. The average molecular weight is 217 g/mol. The van der Waals surface area contributed by atoms with Crippen molar-refractivity contribution in [1.82, 2.24) is 0 Å². The first-order chi connectivity index (χ1) is 6.81. The van der Waals surface area contributed by atoms with E-state index in [1.165, 1.54) is 31.4 Å². The van der Waals surface area contributed by atoms with Crippen LogP contribution >= 0.6 is 11.8 Å². The molecule has 0 aliphatic carbocycles. The van der Waals surface area contributed by atoms with Crippen molar-refractivity contribution >= 4 is 17.5 Å². The molecule has 0 unspecified atom stereocenters. The van der Waals surface area contributed by atoms with Gasteiger partial charge in [0.2, 0.25) is 0 Å². The Morgan fingerprint density at radius 2 is 2.00 bits per heavy atom. The van der Waals surface area contributed by atoms with Crippen LogP contribution in [0.1, 0.15) is 39.0 Å². The van der Waals surface area contributed by atoms with Gasteiger partial charge in [0.25, 0.3) is 0 Å². The molecule has 3 heteroatoms. The summed E-state index contributed by atoms with van der Waals surface area (Å²) in [6.07, 6.45) is 6.24. The van der Waals surface area contributed by atoms with Gasteiger partial charge in [-0.25, -0.2) is 0 Å². The van der Waals surface area contributed by atoms with Crippen LogP contribution in [0.25, 0.3) is 0 Å². The molecule has 0 rings (SSSR count). The van der Waals surface area contributed by atoms with Gasteiger partial charge in [-0.1, -0.05) is 26.2 Å². The van der Waals surface area contributed by atoms with Gasteiger partial charge in [0.15, 0.2) is 0 Å². The summed E-state index contributed by atoms with van der Waals surface area (Å²) < 4.78 is 4.88. The molecule has 0 bridgehead atoms. The molecule has 0 spiro atoms. The molecule has 0 aromatic heterocycles. The third-order valence-electron chi connectivity index (χ3n) is 2.01. The van der Waals surface area contributed by atoms with E-state index in [0.29, 0.717) is 12.3 Å². The summed E-state index contributed by atoms with van der Waals surface area (Å²) in [4.78, 5) is 0. The quantitative estimate of drug-likeness (QED) is 0.449. The number of unbranched alkanes of at least 4 members (excludes halogenated alkanes) is 3. The first-order valence-electron chi connectivity index (χ1n) is 5.44. The number of rotatable bonds is 10. The molecule has 0 saturated carbocycles. The second-order valence-electron chi connectivity index (χ2n) is 3.46. The summed E-state index contributed by atoms with van der Waals surface area (Å²) in [6.45, 7) is 2.73. The second-order valence-corrected chi connectivity index (χ2v) is 4.68. The monoisotopic (exact) mass is 217 g/mol. The number of hydrogen-bond acceptors (Lipinski definition) is 3. The Morgan fingerprint density at radius 1 is 1.21 bits per heavy atom. The zero-order valence-corrected chi connectivity index (χ0v) is 10.3. The van der Waals surface area contributed by atoms with Crippen LogP contribution in [0.5, 0.6) is 0 Å². The van der Waals surface area contributed by atoms with E-state index in [0.717, 1.165) is 12.2 Å². The van der Waals surface area contributed by atoms with E-state index in [4.69, 9.17) is 10.1 Å². The fourth-order valence-corrected chi connectivity index (χ4v) is 2.18. The molecule has 0 atom stereocenters. The number of hydrogen-bond donors (Lipinski definition) is 1. The van der Waals surface area contributed by atoms with Crippen molar-refractivity contribution in [3.63, 3.8) is 0 Å². The predicted molar refractivity (Wildman–Crippen MR) is 65.7 cm³/mol. The van der Waals surface area contributed by atoms with E-state index >= 15 is 0 Å². The van der Waals surface area contributed by atoms with Crippen LogP contribution in [0, 0.1) is 5.41 Å². The van der Waals surface area contributed by atoms with E-state index in [1.54, 1.807) is 7.11 Å². The lowest BCUT2D eigenvalue weighted by atomic mass is 10.2. The SMILES string of the molecule is CCCCCCSCCC(=N)COC. The zero-order chi connectivity index (χ0) is 10.6. The highest BCUT2D eigenvalue weighted by Gasteiger charge is 1.96. The van der Waals surface area contributed by atoms with Gasteiger partial charge < -0.3 is 10.1 Å². The smallest absolute Gasteiger partial charge is 0.0838 e. The number of thioether (sulfide) groups is 1. The van der Waals surface area contributed by atoms with Gasteiger partial charge in [-0.2, -0.15) is 11.8 Å². The van der Waals surface area contributed by atoms with Crippen LogP contribution < -0.4 is 0 Å². The molecule has 0 aliphatic rings. The Labute approximate surface area is 92.3 Å². The number of nitrogens with one attached hydrogen (secondary N) is 1. The summed E-state index contributed by atoms with van der Waals surface area (Å²) in [5.74, 6) is 2.33. The summed E-state index contributed by atoms with van der Waals surface area (Å²) in [5, 5.41) is 7.50. The van der Waals surface area contributed by atoms with Crippen LogP contribution in [0.4, 0.5) is 0 Å². The van der Waals surface area contributed by atoms with Crippen LogP contribution in [-0.2, 0) is 4.74 Å². The first-order valence-corrected chi connectivity index (χ1v) is 6.59. The molecule has 0 aliphatic heterocycles. The maximum atomic E-state index is 7.50. The van der Waals surface area contributed by atoms with Gasteiger partial charge in [-0.3, -0.25) is 0 Å². The van der Waals surface area contributed by atoms with Crippen molar-refractivity contribution in [2.45, 2.75) is 39.0 Å². The molecule has 84 valence electrons. The Kier molecular flexibility index (Phi) is 11.0. The maximum Gasteiger partial charge on any atom is 0.0838 e. The molecule has 0 radical (unpaired) electrons. The Balaban J connectivity index is 3.01. The highest BCUT2D eigenvalue weighted by Crippen LogP contribution is 2.08. The van der Waals surface area contributed by atoms with Crippen molar-refractivity contribution in [2.24, 2.45) is 0 Å². The van der Waals surface area contributed by atoms with Gasteiger partial charge >= 0.3 is 0 Å². The lowest BCUT2D eigenvalue weighted by molar-refractivity contribution is 0.243. The van der Waals surface area contributed by atoms with Crippen LogP contribution in [0.15, 0.2) is 0 Å². The number of ether oxygens (including phenoxy) is 1. The van der Waals surface area contributed by atoms with Crippen molar-refractivity contribution in [3.05, 3.63) is 0 Å². The molecule has 1 N–H and O–H groups in total. The fraction of sp³-hybridized carbons (Fsp3) is 0.909. The molecular formula is C11H23NOS. The topological polar surface area (TPSA) is 33.1 Å². The van der Waals surface area contributed by atoms with Gasteiger partial charge in [-0.15, -0.1) is 0 Å². The van der Waals surface area contributed by atoms with Gasteiger partial charge in [0, 0.05) is 12.8 Å². The van der Waals surface area contributed by atoms with Crippen LogP contribution in [0.3, 0.4) is 0 Å². The number of methoxy groups -OCH3 is 1. The minimum atomic E-state index is 0.496. The van der Waals surface area contributed by atoms with Crippen molar-refractivity contribution in [2.75, 3.05) is 25.2 Å². The molecule has 0 aromatic rings. The van der Waals surface area contributed by atoms with Crippen LogP contribution in [-0.4, -0.2) is 30.9 Å².